The molecule has 1 saturated heterocycles. The smallest absolute Gasteiger partial charge is 0.257 e. The fraction of sp³-hybridized carbons (Fsp3) is 0.278. The molecule has 0 aliphatic carbocycles. The lowest BCUT2D eigenvalue weighted by Crippen LogP contribution is -2.18. The average molecular weight is 341 g/mol. The molecule has 7 heteroatoms. The minimum Gasteiger partial charge on any atom is -0.475 e. The molecule has 1 aliphatic rings. The molecule has 0 unspecified atom stereocenters. The summed E-state index contributed by atoms with van der Waals surface area (Å²) in [4.78, 5) is 27.8. The van der Waals surface area contributed by atoms with E-state index < -0.39 is 5.91 Å². The Bertz CT molecular complexity index is 755. The van der Waals surface area contributed by atoms with Crippen LogP contribution in [0.2, 0.25) is 0 Å². The van der Waals surface area contributed by atoms with Gasteiger partial charge in [-0.2, -0.15) is 0 Å². The van der Waals surface area contributed by atoms with Crippen molar-refractivity contribution in [2.24, 2.45) is 5.73 Å². The number of primary amides is 1. The van der Waals surface area contributed by atoms with Crippen molar-refractivity contribution in [1.82, 2.24) is 4.98 Å². The fourth-order valence-corrected chi connectivity index (χ4v) is 2.56. The first-order valence-electron chi connectivity index (χ1n) is 8.04. The van der Waals surface area contributed by atoms with Crippen molar-refractivity contribution in [3.05, 3.63) is 53.7 Å². The van der Waals surface area contributed by atoms with Crippen LogP contribution in [-0.2, 0) is 4.74 Å². The lowest BCUT2D eigenvalue weighted by atomic mass is 10.1. The number of hydrogen-bond acceptors (Lipinski definition) is 5. The third-order valence-corrected chi connectivity index (χ3v) is 3.88. The highest BCUT2D eigenvalue weighted by Crippen LogP contribution is 2.17. The van der Waals surface area contributed by atoms with E-state index >= 15 is 0 Å². The van der Waals surface area contributed by atoms with Gasteiger partial charge in [-0.15, -0.1) is 0 Å². The lowest BCUT2D eigenvalue weighted by Gasteiger charge is -2.11. The first kappa shape index (κ1) is 16.9. The third-order valence-electron chi connectivity index (χ3n) is 3.88. The summed E-state index contributed by atoms with van der Waals surface area (Å²) in [5, 5.41) is 2.66. The van der Waals surface area contributed by atoms with E-state index in [0.717, 1.165) is 19.4 Å². The van der Waals surface area contributed by atoms with Gasteiger partial charge in [-0.05, 0) is 31.0 Å². The van der Waals surface area contributed by atoms with Gasteiger partial charge in [0.15, 0.2) is 0 Å². The van der Waals surface area contributed by atoms with Gasteiger partial charge in [-0.25, -0.2) is 4.98 Å². The van der Waals surface area contributed by atoms with Crippen LogP contribution in [0.5, 0.6) is 5.88 Å². The average Bonchev–Trinajstić information content (AvgIpc) is 3.14. The number of benzene rings is 1. The van der Waals surface area contributed by atoms with Gasteiger partial charge >= 0.3 is 0 Å². The summed E-state index contributed by atoms with van der Waals surface area (Å²) in [6, 6.07) is 9.80. The summed E-state index contributed by atoms with van der Waals surface area (Å²) < 4.78 is 11.0. The molecule has 3 rings (SSSR count). The Morgan fingerprint density at radius 1 is 1.28 bits per heavy atom. The molecule has 0 radical (unpaired) electrons. The standard InChI is InChI=1S/C18H19N3O4/c19-17(22)14-5-1-2-6-15(14)21-18(23)12-7-8-16(20-10-12)25-11-13-4-3-9-24-13/h1-2,5-8,10,13H,3-4,9,11H2,(H2,19,22)(H,21,23)/t13-/m1/s1. The maximum absolute atomic E-state index is 12.3. The summed E-state index contributed by atoms with van der Waals surface area (Å²) >= 11 is 0. The van der Waals surface area contributed by atoms with Crippen molar-refractivity contribution in [2.75, 3.05) is 18.5 Å². The molecular formula is C18H19N3O4. The highest BCUT2D eigenvalue weighted by atomic mass is 16.5. The molecule has 1 aromatic carbocycles. The molecular weight excluding hydrogens is 322 g/mol. The van der Waals surface area contributed by atoms with Gasteiger partial charge in [-0.3, -0.25) is 9.59 Å². The van der Waals surface area contributed by atoms with Crippen LogP contribution in [0.3, 0.4) is 0 Å². The van der Waals surface area contributed by atoms with Crippen molar-refractivity contribution in [2.45, 2.75) is 18.9 Å². The molecule has 7 nitrogen and oxygen atoms in total. The summed E-state index contributed by atoms with van der Waals surface area (Å²) in [6.45, 7) is 1.22. The van der Waals surface area contributed by atoms with Gasteiger partial charge in [0.2, 0.25) is 5.88 Å². The molecule has 1 aromatic heterocycles. The van der Waals surface area contributed by atoms with Gasteiger partial charge in [0.05, 0.1) is 22.9 Å². The topological polar surface area (TPSA) is 104 Å². The number of nitrogens with zero attached hydrogens (tertiary/aromatic N) is 1. The zero-order valence-electron chi connectivity index (χ0n) is 13.6. The largest absolute Gasteiger partial charge is 0.475 e. The predicted octanol–water partition coefficient (Wildman–Crippen LogP) is 1.99. The highest BCUT2D eigenvalue weighted by molar-refractivity contribution is 6.08. The van der Waals surface area contributed by atoms with Crippen LogP contribution in [0.1, 0.15) is 33.6 Å². The quantitative estimate of drug-likeness (QED) is 0.836. The molecule has 0 saturated carbocycles. The summed E-state index contributed by atoms with van der Waals surface area (Å²) in [5.74, 6) is -0.552. The minimum absolute atomic E-state index is 0.107. The van der Waals surface area contributed by atoms with Crippen molar-refractivity contribution in [1.29, 1.82) is 0 Å². The molecule has 3 N–H and O–H groups in total. The normalized spacial score (nSPS) is 16.4. The number of para-hydroxylation sites is 1. The van der Waals surface area contributed by atoms with Gasteiger partial charge in [0.25, 0.3) is 11.8 Å². The van der Waals surface area contributed by atoms with Crippen LogP contribution in [0.15, 0.2) is 42.6 Å². The van der Waals surface area contributed by atoms with E-state index in [1.807, 2.05) is 0 Å². The zero-order valence-corrected chi connectivity index (χ0v) is 13.6. The van der Waals surface area contributed by atoms with E-state index in [4.69, 9.17) is 15.2 Å². The minimum atomic E-state index is -0.605. The number of anilines is 1. The van der Waals surface area contributed by atoms with E-state index in [2.05, 4.69) is 10.3 Å². The van der Waals surface area contributed by atoms with Gasteiger partial charge in [-0.1, -0.05) is 12.1 Å². The Balaban J connectivity index is 1.62. The fourth-order valence-electron chi connectivity index (χ4n) is 2.56. The van der Waals surface area contributed by atoms with Gasteiger partial charge < -0.3 is 20.5 Å². The van der Waals surface area contributed by atoms with E-state index in [-0.39, 0.29) is 17.6 Å². The Kier molecular flexibility index (Phi) is 5.25. The number of ether oxygens (including phenoxy) is 2. The van der Waals surface area contributed by atoms with Crippen LogP contribution in [-0.4, -0.2) is 36.1 Å². The van der Waals surface area contributed by atoms with Crippen LogP contribution < -0.4 is 15.8 Å². The number of amides is 2. The highest BCUT2D eigenvalue weighted by Gasteiger charge is 2.16. The monoisotopic (exact) mass is 341 g/mol. The molecule has 0 spiro atoms. The Morgan fingerprint density at radius 3 is 2.80 bits per heavy atom. The zero-order chi connectivity index (χ0) is 17.6. The molecule has 0 bridgehead atoms. The van der Waals surface area contributed by atoms with Crippen LogP contribution in [0.4, 0.5) is 5.69 Å². The number of carbonyl (C=O) groups excluding carboxylic acids is 2. The van der Waals surface area contributed by atoms with Gasteiger partial charge in [0, 0.05) is 18.9 Å². The second-order valence-corrected chi connectivity index (χ2v) is 5.70. The van der Waals surface area contributed by atoms with E-state index in [9.17, 15) is 9.59 Å². The SMILES string of the molecule is NC(=O)c1ccccc1NC(=O)c1ccc(OC[C@H]2CCCO2)nc1. The van der Waals surface area contributed by atoms with E-state index in [1.54, 1.807) is 36.4 Å². The Labute approximate surface area is 145 Å². The maximum Gasteiger partial charge on any atom is 0.257 e. The number of pyridine rings is 1. The molecule has 1 fully saturated rings. The number of rotatable bonds is 6. The van der Waals surface area contributed by atoms with E-state index in [0.29, 0.717) is 23.7 Å². The molecule has 25 heavy (non-hydrogen) atoms. The number of aromatic nitrogens is 1. The second kappa shape index (κ2) is 7.76. The first-order valence-corrected chi connectivity index (χ1v) is 8.04. The Morgan fingerprint density at radius 2 is 2.12 bits per heavy atom. The lowest BCUT2D eigenvalue weighted by molar-refractivity contribution is 0.0663. The molecule has 130 valence electrons. The number of hydrogen-bond donors (Lipinski definition) is 2. The first-order chi connectivity index (χ1) is 12.1. The van der Waals surface area contributed by atoms with E-state index in [1.165, 1.54) is 6.20 Å². The van der Waals surface area contributed by atoms with Crippen molar-refractivity contribution < 1.29 is 19.1 Å². The summed E-state index contributed by atoms with van der Waals surface area (Å²) in [7, 11) is 0. The van der Waals surface area contributed by atoms with Crippen molar-refractivity contribution in [3.63, 3.8) is 0 Å². The molecule has 1 atom stereocenters. The Hall–Kier alpha value is -2.93. The third kappa shape index (κ3) is 4.33. The van der Waals surface area contributed by atoms with Crippen LogP contribution in [0, 0.1) is 0 Å². The number of nitrogens with two attached hydrogens (primary N) is 1. The van der Waals surface area contributed by atoms with Crippen molar-refractivity contribution in [3.8, 4) is 5.88 Å². The molecule has 1 aliphatic heterocycles. The maximum atomic E-state index is 12.3. The molecule has 2 heterocycles. The number of carbonyl (C=O) groups is 2. The summed E-state index contributed by atoms with van der Waals surface area (Å²) in [6.07, 6.45) is 3.57. The number of nitrogens with one attached hydrogen (secondary N) is 1. The van der Waals surface area contributed by atoms with Crippen LogP contribution >= 0.6 is 0 Å². The van der Waals surface area contributed by atoms with Gasteiger partial charge in [0.1, 0.15) is 6.61 Å². The summed E-state index contributed by atoms with van der Waals surface area (Å²) in [5.41, 5.74) is 6.27. The molecule has 2 aromatic rings. The second-order valence-electron chi connectivity index (χ2n) is 5.70. The predicted molar refractivity (Wildman–Crippen MR) is 91.6 cm³/mol. The molecule has 2 amide bonds. The van der Waals surface area contributed by atoms with Crippen molar-refractivity contribution >= 4 is 17.5 Å². The van der Waals surface area contributed by atoms with Crippen LogP contribution in [0.25, 0.3) is 0 Å².